The maximum Gasteiger partial charge on any atom is 0.0864 e. The van der Waals surface area contributed by atoms with Crippen LogP contribution >= 0.6 is 0 Å². The Morgan fingerprint density at radius 1 is 0.549 bits per heavy atom. The van der Waals surface area contributed by atoms with E-state index in [1.807, 2.05) is 6.07 Å². The minimum Gasteiger partial charge on any atom is -0.312 e. The molecule has 2 atom stereocenters. The monoisotopic (exact) mass is 659 g/mol. The fraction of sp³-hybridized carbons (Fsp3) is 0.125. The van der Waals surface area contributed by atoms with E-state index < -0.39 is 0 Å². The summed E-state index contributed by atoms with van der Waals surface area (Å²) < 4.78 is 0. The molecule has 8 aromatic rings. The van der Waals surface area contributed by atoms with Crippen molar-refractivity contribution in [2.45, 2.75) is 38.1 Å². The van der Waals surface area contributed by atoms with Crippen LogP contribution in [0, 0.1) is 0 Å². The highest BCUT2D eigenvalue weighted by Crippen LogP contribution is 2.52. The second kappa shape index (κ2) is 12.6. The Bertz CT molecular complexity index is 2570. The average molecular weight is 660 g/mol. The van der Waals surface area contributed by atoms with Crippen molar-refractivity contribution < 1.29 is 0 Å². The number of benzene rings is 8. The van der Waals surface area contributed by atoms with E-state index in [0.29, 0.717) is 6.54 Å². The van der Waals surface area contributed by atoms with E-state index in [1.165, 1.54) is 76.8 Å². The third-order valence-electron chi connectivity index (χ3n) is 11.0. The van der Waals surface area contributed by atoms with Crippen molar-refractivity contribution in [3.05, 3.63) is 192 Å². The number of hydrogen-bond donors (Lipinski definition) is 3. The molecule has 0 amide bonds. The molecule has 8 aromatic carbocycles. The molecule has 9 rings (SSSR count). The zero-order valence-corrected chi connectivity index (χ0v) is 29.0. The number of rotatable bonds is 8. The summed E-state index contributed by atoms with van der Waals surface area (Å²) in [4.78, 5) is 0. The Hall–Kier alpha value is -5.58. The second-order valence-electron chi connectivity index (χ2n) is 14.3. The van der Waals surface area contributed by atoms with Crippen LogP contribution in [0.4, 0.5) is 0 Å². The van der Waals surface area contributed by atoms with Crippen molar-refractivity contribution in [3.63, 3.8) is 0 Å². The molecule has 0 saturated carbocycles. The van der Waals surface area contributed by atoms with Gasteiger partial charge in [-0.3, -0.25) is 10.6 Å². The summed E-state index contributed by atoms with van der Waals surface area (Å²) in [6, 6.07) is 59.1. The van der Waals surface area contributed by atoms with Gasteiger partial charge in [0, 0.05) is 12.0 Å². The van der Waals surface area contributed by atoms with E-state index in [9.17, 15) is 0 Å². The van der Waals surface area contributed by atoms with E-state index in [2.05, 4.69) is 182 Å². The SMILES string of the molecule is CC1(C)c2ccccc2-c2cccc(-c3ccccc3CNC(NC(N)c3ccccc3)c3c4ccccc4cc4ccc5ccccc5c34)c21. The van der Waals surface area contributed by atoms with Gasteiger partial charge >= 0.3 is 0 Å². The Morgan fingerprint density at radius 3 is 1.98 bits per heavy atom. The number of hydrogen-bond acceptors (Lipinski definition) is 3. The summed E-state index contributed by atoms with van der Waals surface area (Å²) in [5.74, 6) is 0. The van der Waals surface area contributed by atoms with Crippen LogP contribution in [0.1, 0.15) is 54.0 Å². The molecule has 1 aliphatic rings. The molecule has 0 radical (unpaired) electrons. The Kier molecular flexibility index (Phi) is 7.78. The molecule has 3 nitrogen and oxygen atoms in total. The molecule has 0 saturated heterocycles. The van der Waals surface area contributed by atoms with Crippen molar-refractivity contribution in [2.24, 2.45) is 5.73 Å². The fourth-order valence-electron chi connectivity index (χ4n) is 8.58. The number of nitrogens with one attached hydrogen (secondary N) is 2. The van der Waals surface area contributed by atoms with Crippen LogP contribution in [0.5, 0.6) is 0 Å². The Balaban J connectivity index is 1.19. The normalized spacial score (nSPS) is 14.4. The maximum absolute atomic E-state index is 7.01. The molecule has 3 heteroatoms. The van der Waals surface area contributed by atoms with E-state index in [0.717, 1.165) is 5.56 Å². The van der Waals surface area contributed by atoms with Crippen molar-refractivity contribution in [1.29, 1.82) is 0 Å². The third-order valence-corrected chi connectivity index (χ3v) is 11.0. The maximum atomic E-state index is 7.01. The minimum atomic E-state index is -0.389. The molecule has 0 fully saturated rings. The molecule has 0 bridgehead atoms. The van der Waals surface area contributed by atoms with Crippen LogP contribution in [0.25, 0.3) is 54.6 Å². The Labute approximate surface area is 299 Å². The van der Waals surface area contributed by atoms with Crippen LogP contribution in [-0.4, -0.2) is 0 Å². The fourth-order valence-corrected chi connectivity index (χ4v) is 8.58. The van der Waals surface area contributed by atoms with Gasteiger partial charge in [-0.05, 0) is 88.5 Å². The summed E-state index contributed by atoms with van der Waals surface area (Å²) in [6.07, 6.45) is -0.658. The standard InChI is InChI=1S/C48H41N3/c1-48(2)42-26-13-12-23-39(42)41-25-14-24-40(45(41)48)36-20-9-8-19-35(36)30-50-47(51-46(49)32-16-4-3-5-17-32)44-38-22-11-7-18-33(38)29-34-28-27-31-15-6-10-21-37(31)43(34)44/h3-29,46-47,50-51H,30,49H2,1-2H3. The van der Waals surface area contributed by atoms with Crippen molar-refractivity contribution in [2.75, 3.05) is 0 Å². The van der Waals surface area contributed by atoms with Gasteiger partial charge in [0.05, 0.1) is 12.3 Å². The van der Waals surface area contributed by atoms with Gasteiger partial charge in [-0.25, -0.2) is 0 Å². The number of nitrogens with two attached hydrogens (primary N) is 1. The predicted octanol–water partition coefficient (Wildman–Crippen LogP) is 11.2. The highest BCUT2D eigenvalue weighted by molar-refractivity contribution is 6.15. The first-order valence-corrected chi connectivity index (χ1v) is 17.9. The molecule has 1 aliphatic carbocycles. The smallest absolute Gasteiger partial charge is 0.0864 e. The van der Waals surface area contributed by atoms with Gasteiger partial charge in [-0.2, -0.15) is 0 Å². The quantitative estimate of drug-likeness (QED) is 0.0864. The van der Waals surface area contributed by atoms with Gasteiger partial charge in [0.1, 0.15) is 0 Å². The molecule has 2 unspecified atom stereocenters. The first kappa shape index (κ1) is 31.4. The van der Waals surface area contributed by atoms with Gasteiger partial charge in [-0.15, -0.1) is 0 Å². The molecule has 0 heterocycles. The lowest BCUT2D eigenvalue weighted by atomic mass is 9.78. The molecular weight excluding hydrogens is 619 g/mol. The molecule has 0 aliphatic heterocycles. The van der Waals surface area contributed by atoms with Gasteiger partial charge in [0.2, 0.25) is 0 Å². The molecule has 0 spiro atoms. The first-order chi connectivity index (χ1) is 25.0. The highest BCUT2D eigenvalue weighted by atomic mass is 15.2. The lowest BCUT2D eigenvalue weighted by Crippen LogP contribution is -2.40. The van der Waals surface area contributed by atoms with E-state index >= 15 is 0 Å². The lowest BCUT2D eigenvalue weighted by Gasteiger charge is -2.29. The largest absolute Gasteiger partial charge is 0.312 e. The van der Waals surface area contributed by atoms with Gasteiger partial charge in [0.25, 0.3) is 0 Å². The highest BCUT2D eigenvalue weighted by Gasteiger charge is 2.37. The zero-order valence-electron chi connectivity index (χ0n) is 29.0. The molecule has 51 heavy (non-hydrogen) atoms. The summed E-state index contributed by atoms with van der Waals surface area (Å²) in [7, 11) is 0. The van der Waals surface area contributed by atoms with E-state index in [4.69, 9.17) is 5.73 Å². The first-order valence-electron chi connectivity index (χ1n) is 17.9. The van der Waals surface area contributed by atoms with Crippen LogP contribution in [0.2, 0.25) is 0 Å². The minimum absolute atomic E-state index is 0.113. The lowest BCUT2D eigenvalue weighted by molar-refractivity contribution is 0.390. The topological polar surface area (TPSA) is 50.1 Å². The molecule has 4 N–H and O–H groups in total. The van der Waals surface area contributed by atoms with Crippen LogP contribution in [0.3, 0.4) is 0 Å². The predicted molar refractivity (Wildman–Crippen MR) is 214 cm³/mol. The Morgan fingerprint density at radius 2 is 1.16 bits per heavy atom. The summed E-state index contributed by atoms with van der Waals surface area (Å²) >= 11 is 0. The third kappa shape index (κ3) is 5.33. The zero-order chi connectivity index (χ0) is 34.5. The van der Waals surface area contributed by atoms with Crippen molar-refractivity contribution in [1.82, 2.24) is 10.6 Å². The van der Waals surface area contributed by atoms with Crippen molar-refractivity contribution >= 4 is 32.3 Å². The molecule has 248 valence electrons. The van der Waals surface area contributed by atoms with Crippen LogP contribution < -0.4 is 16.4 Å². The van der Waals surface area contributed by atoms with Gasteiger partial charge < -0.3 is 5.73 Å². The summed E-state index contributed by atoms with van der Waals surface area (Å²) in [5.41, 5.74) is 18.4. The van der Waals surface area contributed by atoms with E-state index in [1.54, 1.807) is 0 Å². The second-order valence-corrected chi connectivity index (χ2v) is 14.3. The van der Waals surface area contributed by atoms with Gasteiger partial charge in [-0.1, -0.05) is 172 Å². The van der Waals surface area contributed by atoms with Crippen molar-refractivity contribution in [3.8, 4) is 22.3 Å². The summed E-state index contributed by atoms with van der Waals surface area (Å²) in [5, 5.41) is 15.2. The summed E-state index contributed by atoms with van der Waals surface area (Å²) in [6.45, 7) is 5.37. The average Bonchev–Trinajstić information content (AvgIpc) is 3.42. The number of fused-ring (bicyclic) bond motifs is 7. The molecule has 0 aromatic heterocycles. The van der Waals surface area contributed by atoms with Crippen LogP contribution in [0.15, 0.2) is 164 Å². The molecular formula is C48H41N3. The van der Waals surface area contributed by atoms with Gasteiger partial charge in [0.15, 0.2) is 0 Å². The van der Waals surface area contributed by atoms with Crippen LogP contribution in [-0.2, 0) is 12.0 Å². The van der Waals surface area contributed by atoms with E-state index in [-0.39, 0.29) is 17.7 Å².